The zero-order chi connectivity index (χ0) is 14.5. The Kier molecular flexibility index (Phi) is 4.53. The smallest absolute Gasteiger partial charge is 0.229 e. The predicted molar refractivity (Wildman–Crippen MR) is 83.2 cm³/mol. The van der Waals surface area contributed by atoms with Gasteiger partial charge in [0.25, 0.3) is 0 Å². The standard InChI is InChI=1S/C15H21N5/c1-11-6-4-5-7-13(11)18-15-17-10-12(14(16)19-15)8-9-20(2)3/h4-7,10H,8-9H2,1-3H3,(H3,16,17,18,19). The number of hydrogen-bond acceptors (Lipinski definition) is 5. The molecule has 3 N–H and O–H groups in total. The summed E-state index contributed by atoms with van der Waals surface area (Å²) in [6.07, 6.45) is 2.65. The van der Waals surface area contributed by atoms with Crippen molar-refractivity contribution < 1.29 is 0 Å². The van der Waals surface area contributed by atoms with Crippen LogP contribution in [0.15, 0.2) is 30.5 Å². The number of benzene rings is 1. The second-order valence-corrected chi connectivity index (χ2v) is 5.10. The molecule has 0 spiro atoms. The molecule has 0 saturated carbocycles. The van der Waals surface area contributed by atoms with Gasteiger partial charge in [-0.15, -0.1) is 0 Å². The number of aryl methyl sites for hydroxylation is 1. The fourth-order valence-electron chi connectivity index (χ4n) is 1.85. The van der Waals surface area contributed by atoms with Gasteiger partial charge in [-0.05, 0) is 39.1 Å². The number of nitrogens with zero attached hydrogens (tertiary/aromatic N) is 3. The van der Waals surface area contributed by atoms with Crippen molar-refractivity contribution in [2.24, 2.45) is 0 Å². The molecule has 0 saturated heterocycles. The maximum absolute atomic E-state index is 5.99. The first kappa shape index (κ1) is 14.3. The van der Waals surface area contributed by atoms with Crippen molar-refractivity contribution in [2.45, 2.75) is 13.3 Å². The second kappa shape index (κ2) is 6.34. The summed E-state index contributed by atoms with van der Waals surface area (Å²) < 4.78 is 0. The molecule has 0 atom stereocenters. The van der Waals surface area contributed by atoms with Crippen LogP contribution in [0.5, 0.6) is 0 Å². The molecule has 0 fully saturated rings. The lowest BCUT2D eigenvalue weighted by Gasteiger charge is -2.12. The van der Waals surface area contributed by atoms with Gasteiger partial charge in [0, 0.05) is 24.0 Å². The number of rotatable bonds is 5. The summed E-state index contributed by atoms with van der Waals surface area (Å²) in [7, 11) is 4.07. The fraction of sp³-hybridized carbons (Fsp3) is 0.333. The Hall–Kier alpha value is -2.14. The summed E-state index contributed by atoms with van der Waals surface area (Å²) >= 11 is 0. The van der Waals surface area contributed by atoms with Crippen LogP contribution in [0.3, 0.4) is 0 Å². The summed E-state index contributed by atoms with van der Waals surface area (Å²) in [5, 5.41) is 3.19. The van der Waals surface area contributed by atoms with E-state index in [0.29, 0.717) is 11.8 Å². The molecular formula is C15H21N5. The first-order valence-electron chi connectivity index (χ1n) is 6.65. The fourth-order valence-corrected chi connectivity index (χ4v) is 1.85. The van der Waals surface area contributed by atoms with Crippen molar-refractivity contribution in [1.29, 1.82) is 0 Å². The predicted octanol–water partition coefficient (Wildman–Crippen LogP) is 2.21. The van der Waals surface area contributed by atoms with Gasteiger partial charge in [0.1, 0.15) is 5.82 Å². The van der Waals surface area contributed by atoms with E-state index in [1.54, 1.807) is 6.20 Å². The summed E-state index contributed by atoms with van der Waals surface area (Å²) in [5.41, 5.74) is 9.11. The third-order valence-corrected chi connectivity index (χ3v) is 3.12. The maximum Gasteiger partial charge on any atom is 0.229 e. The van der Waals surface area contributed by atoms with Gasteiger partial charge in [0.2, 0.25) is 5.95 Å². The lowest BCUT2D eigenvalue weighted by molar-refractivity contribution is 0.413. The monoisotopic (exact) mass is 271 g/mol. The van der Waals surface area contributed by atoms with Gasteiger partial charge in [-0.25, -0.2) is 4.98 Å². The Morgan fingerprint density at radius 1 is 1.25 bits per heavy atom. The highest BCUT2D eigenvalue weighted by molar-refractivity contribution is 5.59. The Morgan fingerprint density at radius 2 is 2.00 bits per heavy atom. The van der Waals surface area contributed by atoms with Crippen LogP contribution in [-0.4, -0.2) is 35.5 Å². The van der Waals surface area contributed by atoms with Crippen LogP contribution in [0.4, 0.5) is 17.5 Å². The van der Waals surface area contributed by atoms with E-state index < -0.39 is 0 Å². The van der Waals surface area contributed by atoms with Crippen LogP contribution >= 0.6 is 0 Å². The number of aromatic nitrogens is 2. The van der Waals surface area contributed by atoms with Gasteiger partial charge >= 0.3 is 0 Å². The number of nitrogen functional groups attached to an aromatic ring is 1. The van der Waals surface area contributed by atoms with E-state index in [9.17, 15) is 0 Å². The maximum atomic E-state index is 5.99. The summed E-state index contributed by atoms with van der Waals surface area (Å²) in [6.45, 7) is 2.97. The Balaban J connectivity index is 2.11. The molecule has 2 aromatic rings. The molecule has 0 aliphatic heterocycles. The normalized spacial score (nSPS) is 10.8. The van der Waals surface area contributed by atoms with Crippen LogP contribution in [0.1, 0.15) is 11.1 Å². The molecule has 1 heterocycles. The zero-order valence-corrected chi connectivity index (χ0v) is 12.2. The van der Waals surface area contributed by atoms with Crippen molar-refractivity contribution in [2.75, 3.05) is 31.7 Å². The van der Waals surface area contributed by atoms with Crippen molar-refractivity contribution >= 4 is 17.5 Å². The lowest BCUT2D eigenvalue weighted by atomic mass is 10.2. The summed E-state index contributed by atoms with van der Waals surface area (Å²) in [5.74, 6) is 1.07. The molecule has 0 aliphatic rings. The molecule has 0 bridgehead atoms. The number of para-hydroxylation sites is 1. The number of anilines is 3. The SMILES string of the molecule is Cc1ccccc1Nc1ncc(CCN(C)C)c(N)n1. The van der Waals surface area contributed by atoms with Gasteiger partial charge in [0.15, 0.2) is 0 Å². The van der Waals surface area contributed by atoms with Crippen LogP contribution < -0.4 is 11.1 Å². The van der Waals surface area contributed by atoms with Crippen LogP contribution in [-0.2, 0) is 6.42 Å². The largest absolute Gasteiger partial charge is 0.383 e. The molecule has 0 aliphatic carbocycles. The number of nitrogens with one attached hydrogen (secondary N) is 1. The Labute approximate surface area is 119 Å². The molecule has 1 aromatic heterocycles. The van der Waals surface area contributed by atoms with Crippen LogP contribution in [0.25, 0.3) is 0 Å². The van der Waals surface area contributed by atoms with Crippen molar-refractivity contribution in [1.82, 2.24) is 14.9 Å². The summed E-state index contributed by atoms with van der Waals surface area (Å²) in [6, 6.07) is 8.01. The summed E-state index contributed by atoms with van der Waals surface area (Å²) in [4.78, 5) is 10.8. The van der Waals surface area contributed by atoms with E-state index in [0.717, 1.165) is 29.8 Å². The molecule has 0 unspecified atom stereocenters. The zero-order valence-electron chi connectivity index (χ0n) is 12.2. The molecule has 2 rings (SSSR count). The Morgan fingerprint density at radius 3 is 2.65 bits per heavy atom. The quantitative estimate of drug-likeness (QED) is 0.872. The number of likely N-dealkylation sites (N-methyl/N-ethyl adjacent to an activating group) is 1. The lowest BCUT2D eigenvalue weighted by Crippen LogP contribution is -2.16. The van der Waals surface area contributed by atoms with E-state index in [1.807, 2.05) is 45.3 Å². The average molecular weight is 271 g/mol. The van der Waals surface area contributed by atoms with Gasteiger partial charge in [-0.1, -0.05) is 18.2 Å². The second-order valence-electron chi connectivity index (χ2n) is 5.10. The average Bonchev–Trinajstić information content (AvgIpc) is 2.40. The van der Waals surface area contributed by atoms with E-state index in [-0.39, 0.29) is 0 Å². The first-order chi connectivity index (χ1) is 9.56. The third-order valence-electron chi connectivity index (χ3n) is 3.12. The highest BCUT2D eigenvalue weighted by Gasteiger charge is 2.06. The highest BCUT2D eigenvalue weighted by Crippen LogP contribution is 2.19. The number of nitrogens with two attached hydrogens (primary N) is 1. The van der Waals surface area contributed by atoms with Crippen molar-refractivity contribution in [3.63, 3.8) is 0 Å². The van der Waals surface area contributed by atoms with Gasteiger partial charge in [-0.3, -0.25) is 0 Å². The highest BCUT2D eigenvalue weighted by atomic mass is 15.1. The van der Waals surface area contributed by atoms with Gasteiger partial charge in [0.05, 0.1) is 0 Å². The van der Waals surface area contributed by atoms with Crippen molar-refractivity contribution in [3.05, 3.63) is 41.6 Å². The first-order valence-corrected chi connectivity index (χ1v) is 6.65. The molecule has 5 heteroatoms. The van der Waals surface area contributed by atoms with E-state index in [1.165, 1.54) is 0 Å². The minimum atomic E-state index is 0.533. The van der Waals surface area contributed by atoms with Crippen LogP contribution in [0, 0.1) is 6.92 Å². The van der Waals surface area contributed by atoms with E-state index in [4.69, 9.17) is 5.73 Å². The molecule has 5 nitrogen and oxygen atoms in total. The number of hydrogen-bond donors (Lipinski definition) is 2. The van der Waals surface area contributed by atoms with E-state index in [2.05, 4.69) is 20.2 Å². The molecular weight excluding hydrogens is 250 g/mol. The van der Waals surface area contributed by atoms with E-state index >= 15 is 0 Å². The van der Waals surface area contributed by atoms with Crippen LogP contribution in [0.2, 0.25) is 0 Å². The molecule has 0 radical (unpaired) electrons. The minimum Gasteiger partial charge on any atom is -0.383 e. The van der Waals surface area contributed by atoms with Crippen molar-refractivity contribution in [3.8, 4) is 0 Å². The molecule has 20 heavy (non-hydrogen) atoms. The van der Waals surface area contributed by atoms with Gasteiger partial charge < -0.3 is 16.0 Å². The molecule has 0 amide bonds. The minimum absolute atomic E-state index is 0.533. The molecule has 106 valence electrons. The molecule has 1 aromatic carbocycles. The topological polar surface area (TPSA) is 67.1 Å². The Bertz CT molecular complexity index is 580. The van der Waals surface area contributed by atoms with Gasteiger partial charge in [-0.2, -0.15) is 4.98 Å². The third kappa shape index (κ3) is 3.68.